The Kier molecular flexibility index (Phi) is 5.20. The lowest BCUT2D eigenvalue weighted by atomic mass is 10.1. The first-order valence-electron chi connectivity index (χ1n) is 9.17. The number of carbonyl (C=O) groups excluding carboxylic acids is 2. The van der Waals surface area contributed by atoms with E-state index in [9.17, 15) is 9.59 Å². The number of aryl methyl sites for hydroxylation is 2. The van der Waals surface area contributed by atoms with Gasteiger partial charge in [0.1, 0.15) is 0 Å². The predicted molar refractivity (Wildman–Crippen MR) is 101 cm³/mol. The molecule has 1 aromatic carbocycles. The van der Waals surface area contributed by atoms with E-state index >= 15 is 0 Å². The van der Waals surface area contributed by atoms with Gasteiger partial charge in [0, 0.05) is 38.2 Å². The van der Waals surface area contributed by atoms with Crippen molar-refractivity contribution in [1.82, 2.24) is 19.8 Å². The molecule has 2 aromatic rings. The molecule has 1 aliphatic rings. The van der Waals surface area contributed by atoms with Crippen molar-refractivity contribution in [3.63, 3.8) is 0 Å². The SMILES string of the molecule is Cc1nc2ccc(C(=O)N3CCN(C(=O)CC(C)C)CC3)cc2nc1C. The van der Waals surface area contributed by atoms with Gasteiger partial charge >= 0.3 is 0 Å². The average Bonchev–Trinajstić information content (AvgIpc) is 2.61. The molecule has 1 fully saturated rings. The standard InChI is InChI=1S/C20H26N4O2/c1-13(2)11-19(25)23-7-9-24(10-8-23)20(26)16-5-6-17-18(12-16)22-15(4)14(3)21-17/h5-6,12-13H,7-11H2,1-4H3. The zero-order chi connectivity index (χ0) is 18.8. The van der Waals surface area contributed by atoms with Crippen LogP contribution in [0, 0.1) is 19.8 Å². The molecule has 0 atom stereocenters. The molecule has 26 heavy (non-hydrogen) atoms. The molecule has 2 heterocycles. The van der Waals surface area contributed by atoms with E-state index in [0.29, 0.717) is 44.1 Å². The molecule has 0 bridgehead atoms. The quantitative estimate of drug-likeness (QED) is 0.850. The highest BCUT2D eigenvalue weighted by molar-refractivity contribution is 5.97. The lowest BCUT2D eigenvalue weighted by molar-refractivity contribution is -0.133. The summed E-state index contributed by atoms with van der Waals surface area (Å²) in [5.41, 5.74) is 3.94. The number of carbonyl (C=O) groups is 2. The number of amides is 2. The van der Waals surface area contributed by atoms with Crippen LogP contribution in [0.3, 0.4) is 0 Å². The van der Waals surface area contributed by atoms with Crippen LogP contribution in [0.25, 0.3) is 11.0 Å². The van der Waals surface area contributed by atoms with E-state index in [4.69, 9.17) is 0 Å². The van der Waals surface area contributed by atoms with Crippen molar-refractivity contribution < 1.29 is 9.59 Å². The Labute approximate surface area is 154 Å². The van der Waals surface area contributed by atoms with Crippen LogP contribution in [0.15, 0.2) is 18.2 Å². The highest BCUT2D eigenvalue weighted by Crippen LogP contribution is 2.17. The van der Waals surface area contributed by atoms with Crippen LogP contribution in [-0.2, 0) is 4.79 Å². The largest absolute Gasteiger partial charge is 0.339 e. The molecule has 0 radical (unpaired) electrons. The van der Waals surface area contributed by atoms with Crippen LogP contribution >= 0.6 is 0 Å². The fraction of sp³-hybridized carbons (Fsp3) is 0.500. The molecule has 0 unspecified atom stereocenters. The summed E-state index contributed by atoms with van der Waals surface area (Å²) in [6.07, 6.45) is 0.566. The second-order valence-corrected chi connectivity index (χ2v) is 7.37. The molecule has 2 amide bonds. The summed E-state index contributed by atoms with van der Waals surface area (Å²) >= 11 is 0. The first-order chi connectivity index (χ1) is 12.3. The molecule has 0 aliphatic carbocycles. The number of hydrogen-bond donors (Lipinski definition) is 0. The third-order valence-electron chi connectivity index (χ3n) is 4.82. The van der Waals surface area contributed by atoms with Gasteiger partial charge < -0.3 is 9.80 Å². The Morgan fingerprint density at radius 3 is 2.15 bits per heavy atom. The van der Waals surface area contributed by atoms with Crippen molar-refractivity contribution in [2.24, 2.45) is 5.92 Å². The molecular weight excluding hydrogens is 328 g/mol. The Morgan fingerprint density at radius 1 is 0.962 bits per heavy atom. The van der Waals surface area contributed by atoms with Gasteiger partial charge in [0.2, 0.25) is 5.91 Å². The second-order valence-electron chi connectivity index (χ2n) is 7.37. The van der Waals surface area contributed by atoms with Crippen LogP contribution < -0.4 is 0 Å². The molecule has 1 aromatic heterocycles. The predicted octanol–water partition coefficient (Wildman–Crippen LogP) is 2.58. The van der Waals surface area contributed by atoms with E-state index in [0.717, 1.165) is 22.4 Å². The van der Waals surface area contributed by atoms with Gasteiger partial charge in [-0.2, -0.15) is 0 Å². The molecule has 1 saturated heterocycles. The third-order valence-corrected chi connectivity index (χ3v) is 4.82. The highest BCUT2D eigenvalue weighted by atomic mass is 16.2. The van der Waals surface area contributed by atoms with Crippen molar-refractivity contribution in [3.05, 3.63) is 35.2 Å². The summed E-state index contributed by atoms with van der Waals surface area (Å²) in [5, 5.41) is 0. The molecule has 138 valence electrons. The maximum absolute atomic E-state index is 12.8. The van der Waals surface area contributed by atoms with Crippen molar-refractivity contribution in [2.75, 3.05) is 26.2 Å². The molecular formula is C20H26N4O2. The van der Waals surface area contributed by atoms with Gasteiger partial charge in [-0.1, -0.05) is 13.8 Å². The minimum atomic E-state index is -0.0112. The average molecular weight is 354 g/mol. The molecule has 0 spiro atoms. The van der Waals surface area contributed by atoms with Crippen LogP contribution in [0.1, 0.15) is 42.0 Å². The zero-order valence-corrected chi connectivity index (χ0v) is 16.0. The molecule has 0 N–H and O–H groups in total. The third kappa shape index (κ3) is 3.84. The molecule has 6 heteroatoms. The maximum atomic E-state index is 12.8. The van der Waals surface area contributed by atoms with Crippen molar-refractivity contribution in [1.29, 1.82) is 0 Å². The van der Waals surface area contributed by atoms with E-state index in [1.165, 1.54) is 0 Å². The van der Waals surface area contributed by atoms with Gasteiger partial charge in [0.05, 0.1) is 22.4 Å². The fourth-order valence-corrected chi connectivity index (χ4v) is 3.18. The van der Waals surface area contributed by atoms with E-state index in [2.05, 4.69) is 9.97 Å². The summed E-state index contributed by atoms with van der Waals surface area (Å²) in [6.45, 7) is 10.3. The zero-order valence-electron chi connectivity index (χ0n) is 16.0. The van der Waals surface area contributed by atoms with Gasteiger partial charge in [-0.15, -0.1) is 0 Å². The number of fused-ring (bicyclic) bond motifs is 1. The van der Waals surface area contributed by atoms with Crippen molar-refractivity contribution in [2.45, 2.75) is 34.1 Å². The summed E-state index contributed by atoms with van der Waals surface area (Å²) in [4.78, 5) is 37.7. The molecule has 1 aliphatic heterocycles. The van der Waals surface area contributed by atoms with E-state index in [1.54, 1.807) is 0 Å². The second kappa shape index (κ2) is 7.40. The molecule has 0 saturated carbocycles. The van der Waals surface area contributed by atoms with E-state index in [-0.39, 0.29) is 11.8 Å². The first kappa shape index (κ1) is 18.3. The fourth-order valence-electron chi connectivity index (χ4n) is 3.18. The van der Waals surface area contributed by atoms with Gasteiger partial charge in [-0.3, -0.25) is 9.59 Å². The molecule has 6 nitrogen and oxygen atoms in total. The minimum Gasteiger partial charge on any atom is -0.339 e. The van der Waals surface area contributed by atoms with E-state index < -0.39 is 0 Å². The lowest BCUT2D eigenvalue weighted by Gasteiger charge is -2.35. The Hall–Kier alpha value is -2.50. The van der Waals surface area contributed by atoms with Crippen LogP contribution in [0.2, 0.25) is 0 Å². The number of aromatic nitrogens is 2. The lowest BCUT2D eigenvalue weighted by Crippen LogP contribution is -2.50. The first-order valence-corrected chi connectivity index (χ1v) is 9.17. The summed E-state index contributed by atoms with van der Waals surface area (Å²) in [5.74, 6) is 0.523. The number of piperazine rings is 1. The maximum Gasteiger partial charge on any atom is 0.254 e. The minimum absolute atomic E-state index is 0.0112. The van der Waals surface area contributed by atoms with E-state index in [1.807, 2.05) is 55.7 Å². The van der Waals surface area contributed by atoms with Gasteiger partial charge in [0.25, 0.3) is 5.91 Å². The summed E-state index contributed by atoms with van der Waals surface area (Å²) in [7, 11) is 0. The topological polar surface area (TPSA) is 66.4 Å². The number of nitrogens with zero attached hydrogens (tertiary/aromatic N) is 4. The van der Waals surface area contributed by atoms with Crippen molar-refractivity contribution in [3.8, 4) is 0 Å². The smallest absolute Gasteiger partial charge is 0.254 e. The number of benzene rings is 1. The van der Waals surface area contributed by atoms with Crippen LogP contribution in [0.4, 0.5) is 0 Å². The van der Waals surface area contributed by atoms with Gasteiger partial charge in [-0.25, -0.2) is 9.97 Å². The Morgan fingerprint density at radius 2 is 1.54 bits per heavy atom. The normalized spacial score (nSPS) is 15.0. The molecule has 3 rings (SSSR count). The number of hydrogen-bond acceptors (Lipinski definition) is 4. The van der Waals surface area contributed by atoms with Crippen LogP contribution in [-0.4, -0.2) is 57.8 Å². The number of rotatable bonds is 3. The van der Waals surface area contributed by atoms with Gasteiger partial charge in [0.15, 0.2) is 0 Å². The highest BCUT2D eigenvalue weighted by Gasteiger charge is 2.25. The van der Waals surface area contributed by atoms with Gasteiger partial charge in [-0.05, 0) is 38.0 Å². The monoisotopic (exact) mass is 354 g/mol. The Bertz CT molecular complexity index is 839. The Balaban J connectivity index is 1.69. The van der Waals surface area contributed by atoms with Crippen molar-refractivity contribution >= 4 is 22.8 Å². The summed E-state index contributed by atoms with van der Waals surface area (Å²) < 4.78 is 0. The van der Waals surface area contributed by atoms with Crippen LogP contribution in [0.5, 0.6) is 0 Å². The summed E-state index contributed by atoms with van der Waals surface area (Å²) in [6, 6.07) is 5.47.